The van der Waals surface area contributed by atoms with Gasteiger partial charge in [-0.05, 0) is 83.0 Å². The fraction of sp³-hybridized carbons (Fsp3) is 0.387. The van der Waals surface area contributed by atoms with Crippen molar-refractivity contribution in [2.45, 2.75) is 71.2 Å². The molecule has 0 aliphatic carbocycles. The van der Waals surface area contributed by atoms with Crippen molar-refractivity contribution in [1.29, 1.82) is 0 Å². The summed E-state index contributed by atoms with van der Waals surface area (Å²) in [4.78, 5) is 37.4. The highest BCUT2D eigenvalue weighted by Crippen LogP contribution is 2.36. The van der Waals surface area contributed by atoms with Crippen LogP contribution in [0.2, 0.25) is 0 Å². The highest BCUT2D eigenvalue weighted by atomic mass is 16.7. The van der Waals surface area contributed by atoms with Crippen LogP contribution < -0.4 is 21.4 Å². The summed E-state index contributed by atoms with van der Waals surface area (Å²) in [5.41, 5.74) is 5.81. The second kappa shape index (κ2) is 12.5. The number of carbonyl (C=O) groups is 2. The SMILES string of the molecule is CO[C@@H]1[C@H](OC(N)=O)[C@H](O)C(Oc2ccc3cc(NC(=O)c4ccc(O)c(CC=C(C)C)c4)c(=O)oc3c2C)OC1(C)C. The lowest BCUT2D eigenvalue weighted by atomic mass is 9.89. The number of nitrogens with one attached hydrogen (secondary N) is 1. The number of hydrogen-bond acceptors (Lipinski definition) is 10. The average molecular weight is 597 g/mol. The number of aliphatic hydroxyl groups excluding tert-OH is 1. The number of aromatic hydroxyl groups is 1. The van der Waals surface area contributed by atoms with Crippen LogP contribution in [0.15, 0.2) is 57.3 Å². The van der Waals surface area contributed by atoms with E-state index >= 15 is 0 Å². The number of primary amides is 1. The van der Waals surface area contributed by atoms with Crippen LogP contribution in [0.1, 0.15) is 49.2 Å². The Balaban J connectivity index is 1.58. The number of fused-ring (bicyclic) bond motifs is 1. The van der Waals surface area contributed by atoms with Crippen LogP contribution in [-0.2, 0) is 20.6 Å². The quantitative estimate of drug-likeness (QED) is 0.220. The highest BCUT2D eigenvalue weighted by Gasteiger charge is 2.53. The molecule has 2 amide bonds. The number of carbonyl (C=O) groups excluding carboxylic acids is 2. The fourth-order valence-corrected chi connectivity index (χ4v) is 4.99. The minimum atomic E-state index is -1.47. The van der Waals surface area contributed by atoms with Gasteiger partial charge in [0, 0.05) is 23.6 Å². The zero-order valence-electron chi connectivity index (χ0n) is 24.8. The topological polar surface area (TPSA) is 180 Å². The van der Waals surface area contributed by atoms with Gasteiger partial charge in [0.15, 0.2) is 12.2 Å². The summed E-state index contributed by atoms with van der Waals surface area (Å²) < 4.78 is 28.0. The molecule has 4 atom stereocenters. The van der Waals surface area contributed by atoms with Crippen molar-refractivity contribution in [3.63, 3.8) is 0 Å². The van der Waals surface area contributed by atoms with E-state index in [1.807, 2.05) is 19.9 Å². The molecule has 0 spiro atoms. The number of ether oxygens (including phenoxy) is 4. The van der Waals surface area contributed by atoms with E-state index in [2.05, 4.69) is 5.32 Å². The molecule has 3 aromatic rings. The Hall–Kier alpha value is -4.39. The maximum Gasteiger partial charge on any atom is 0.404 e. The molecule has 12 nitrogen and oxygen atoms in total. The first kappa shape index (κ1) is 31.5. The van der Waals surface area contributed by atoms with Crippen molar-refractivity contribution < 1.29 is 43.2 Å². The molecule has 0 saturated carbocycles. The van der Waals surface area contributed by atoms with E-state index in [9.17, 15) is 24.6 Å². The van der Waals surface area contributed by atoms with Gasteiger partial charge in [0.1, 0.15) is 28.9 Å². The molecule has 2 aromatic carbocycles. The molecule has 0 bridgehead atoms. The third-order valence-corrected chi connectivity index (χ3v) is 7.19. The molecule has 1 saturated heterocycles. The number of hydrogen-bond donors (Lipinski definition) is 4. The third kappa shape index (κ3) is 6.82. The van der Waals surface area contributed by atoms with Gasteiger partial charge in [0.25, 0.3) is 5.91 Å². The Labute approximate surface area is 248 Å². The van der Waals surface area contributed by atoms with E-state index in [-0.39, 0.29) is 28.3 Å². The van der Waals surface area contributed by atoms with Crippen LogP contribution in [0.5, 0.6) is 11.5 Å². The van der Waals surface area contributed by atoms with Crippen LogP contribution in [-0.4, -0.2) is 59.5 Å². The monoisotopic (exact) mass is 596 g/mol. The number of methoxy groups -OCH3 is 1. The van der Waals surface area contributed by atoms with Crippen molar-refractivity contribution in [2.75, 3.05) is 12.4 Å². The molecule has 1 aromatic heterocycles. The van der Waals surface area contributed by atoms with Gasteiger partial charge in [0.2, 0.25) is 6.29 Å². The Morgan fingerprint density at radius 2 is 1.88 bits per heavy atom. The first-order valence-electron chi connectivity index (χ1n) is 13.6. The second-order valence-electron chi connectivity index (χ2n) is 11.1. The molecule has 12 heteroatoms. The third-order valence-electron chi connectivity index (χ3n) is 7.19. The first-order chi connectivity index (χ1) is 20.2. The number of rotatable bonds is 8. The van der Waals surface area contributed by atoms with Gasteiger partial charge in [-0.3, -0.25) is 4.79 Å². The zero-order valence-corrected chi connectivity index (χ0v) is 24.8. The van der Waals surface area contributed by atoms with Crippen LogP contribution >= 0.6 is 0 Å². The Morgan fingerprint density at radius 3 is 2.53 bits per heavy atom. The maximum atomic E-state index is 13.0. The standard InChI is InChI=1S/C31H36N2O10/c1-15(2)7-8-17-13-19(9-11-21(17)34)27(36)33-20-14-18-10-12-22(16(3)24(18)41-28(20)37)40-29-23(35)25(42-30(32)38)26(39-6)31(4,5)43-29/h7,9-14,23,25-26,29,34-35H,8H2,1-6H3,(H2,32,38)(H,33,36)/t23-,25+,26+,29?/m0/s1. The summed E-state index contributed by atoms with van der Waals surface area (Å²) >= 11 is 0. The zero-order chi connectivity index (χ0) is 31.6. The van der Waals surface area contributed by atoms with Gasteiger partial charge in [0.05, 0.1) is 5.60 Å². The van der Waals surface area contributed by atoms with Crippen LogP contribution in [0, 0.1) is 6.92 Å². The van der Waals surface area contributed by atoms with Crippen LogP contribution in [0.3, 0.4) is 0 Å². The molecule has 43 heavy (non-hydrogen) atoms. The summed E-state index contributed by atoms with van der Waals surface area (Å²) in [6.45, 7) is 8.89. The Kier molecular flexibility index (Phi) is 9.14. The number of nitrogens with two attached hydrogens (primary N) is 1. The normalized spacial score (nSPS) is 21.2. The highest BCUT2D eigenvalue weighted by molar-refractivity contribution is 6.05. The molecule has 5 N–H and O–H groups in total. The molecular weight excluding hydrogens is 560 g/mol. The number of aliphatic hydroxyl groups is 1. The minimum Gasteiger partial charge on any atom is -0.508 e. The molecule has 230 valence electrons. The largest absolute Gasteiger partial charge is 0.508 e. The predicted molar refractivity (Wildman–Crippen MR) is 157 cm³/mol. The summed E-state index contributed by atoms with van der Waals surface area (Å²) in [5.74, 6) is -0.249. The van der Waals surface area contributed by atoms with E-state index < -0.39 is 47.8 Å². The van der Waals surface area contributed by atoms with Crippen LogP contribution in [0.25, 0.3) is 11.0 Å². The Bertz CT molecular complexity index is 1620. The lowest BCUT2D eigenvalue weighted by Crippen LogP contribution is -2.65. The lowest BCUT2D eigenvalue weighted by Gasteiger charge is -2.47. The Morgan fingerprint density at radius 1 is 1.16 bits per heavy atom. The van der Waals surface area contributed by atoms with E-state index in [1.54, 1.807) is 39.0 Å². The molecule has 1 aliphatic heterocycles. The van der Waals surface area contributed by atoms with E-state index in [0.29, 0.717) is 22.9 Å². The van der Waals surface area contributed by atoms with Gasteiger partial charge in [-0.1, -0.05) is 11.6 Å². The van der Waals surface area contributed by atoms with E-state index in [0.717, 1.165) is 5.57 Å². The minimum absolute atomic E-state index is 0.0666. The smallest absolute Gasteiger partial charge is 0.404 e. The van der Waals surface area contributed by atoms with Gasteiger partial charge in [-0.2, -0.15) is 0 Å². The second-order valence-corrected chi connectivity index (χ2v) is 11.1. The number of benzene rings is 2. The maximum absolute atomic E-state index is 13.0. The van der Waals surface area contributed by atoms with Crippen molar-refractivity contribution in [2.24, 2.45) is 5.73 Å². The summed E-state index contributed by atoms with van der Waals surface area (Å²) in [6.07, 6.45) is -3.50. The van der Waals surface area contributed by atoms with Crippen molar-refractivity contribution in [1.82, 2.24) is 0 Å². The van der Waals surface area contributed by atoms with E-state index in [1.165, 1.54) is 25.3 Å². The molecule has 4 rings (SSSR count). The molecule has 1 fully saturated rings. The number of phenolic OH excluding ortho intramolecular Hbond substituents is 1. The number of allylic oxidation sites excluding steroid dienone is 2. The summed E-state index contributed by atoms with van der Waals surface area (Å²) in [7, 11) is 1.39. The molecule has 2 heterocycles. The van der Waals surface area contributed by atoms with Gasteiger partial charge < -0.3 is 44.6 Å². The van der Waals surface area contributed by atoms with Crippen molar-refractivity contribution in [3.05, 3.63) is 75.2 Å². The average Bonchev–Trinajstić information content (AvgIpc) is 2.92. The van der Waals surface area contributed by atoms with Crippen LogP contribution in [0.4, 0.5) is 10.5 Å². The molecule has 0 radical (unpaired) electrons. The molecular formula is C31H36N2O10. The summed E-state index contributed by atoms with van der Waals surface area (Å²) in [5, 5.41) is 24.2. The number of phenols is 1. The van der Waals surface area contributed by atoms with Gasteiger partial charge >= 0.3 is 11.7 Å². The van der Waals surface area contributed by atoms with Gasteiger partial charge in [-0.25, -0.2) is 9.59 Å². The number of aryl methyl sites for hydroxylation is 1. The number of amides is 2. The number of anilines is 1. The lowest BCUT2D eigenvalue weighted by molar-refractivity contribution is -0.304. The first-order valence-corrected chi connectivity index (χ1v) is 13.6. The van der Waals surface area contributed by atoms with Gasteiger partial charge in [-0.15, -0.1) is 0 Å². The van der Waals surface area contributed by atoms with Crippen molar-refractivity contribution in [3.8, 4) is 11.5 Å². The molecule has 1 aliphatic rings. The summed E-state index contributed by atoms with van der Waals surface area (Å²) in [6, 6.07) is 9.15. The molecule has 1 unspecified atom stereocenters. The van der Waals surface area contributed by atoms with E-state index in [4.69, 9.17) is 29.1 Å². The predicted octanol–water partition coefficient (Wildman–Crippen LogP) is 3.92. The van der Waals surface area contributed by atoms with Crippen molar-refractivity contribution >= 4 is 28.7 Å². The fourth-order valence-electron chi connectivity index (χ4n) is 4.99.